The molecule has 1 amide bonds. The highest BCUT2D eigenvalue weighted by molar-refractivity contribution is 6.06. The highest BCUT2D eigenvalue weighted by atomic mass is 16.5. The number of para-hydroxylation sites is 1. The molecule has 31 heavy (non-hydrogen) atoms. The molecule has 3 aromatic rings. The van der Waals surface area contributed by atoms with E-state index in [4.69, 9.17) is 4.74 Å². The predicted octanol–water partition coefficient (Wildman–Crippen LogP) is 5.17. The molecule has 1 N–H and O–H groups in total. The molecule has 5 rings (SSSR count). The number of benzene rings is 2. The maximum absolute atomic E-state index is 13.2. The van der Waals surface area contributed by atoms with E-state index >= 15 is 0 Å². The largest absolute Gasteiger partial charge is 0.492 e. The minimum absolute atomic E-state index is 0.0673. The van der Waals surface area contributed by atoms with Crippen LogP contribution in [-0.4, -0.2) is 41.6 Å². The molecule has 2 fully saturated rings. The summed E-state index contributed by atoms with van der Waals surface area (Å²) < 4.78 is 8.15. The highest BCUT2D eigenvalue weighted by Gasteiger charge is 2.25. The van der Waals surface area contributed by atoms with Crippen LogP contribution in [0.4, 0.5) is 5.69 Å². The number of nitrogens with one attached hydrogen (secondary N) is 1. The van der Waals surface area contributed by atoms with Crippen LogP contribution < -0.4 is 10.1 Å². The van der Waals surface area contributed by atoms with Gasteiger partial charge in [-0.1, -0.05) is 30.7 Å². The van der Waals surface area contributed by atoms with Crippen LogP contribution in [0.5, 0.6) is 5.75 Å². The molecule has 1 saturated heterocycles. The number of aromatic nitrogens is 1. The molecule has 1 aliphatic carbocycles. The Morgan fingerprint density at radius 1 is 1.00 bits per heavy atom. The molecule has 2 heterocycles. The van der Waals surface area contributed by atoms with Crippen LogP contribution in [0.1, 0.15) is 42.6 Å². The lowest BCUT2D eigenvalue weighted by Crippen LogP contribution is -2.33. The van der Waals surface area contributed by atoms with E-state index in [9.17, 15) is 4.79 Å². The fourth-order valence-electron chi connectivity index (χ4n) is 4.49. The minimum atomic E-state index is -0.0673. The molecule has 0 atom stereocenters. The molecule has 0 radical (unpaired) electrons. The Kier molecular flexibility index (Phi) is 5.94. The van der Waals surface area contributed by atoms with Crippen molar-refractivity contribution in [3.63, 3.8) is 0 Å². The normalized spacial score (nSPS) is 17.0. The van der Waals surface area contributed by atoms with Gasteiger partial charge < -0.3 is 14.6 Å². The molecule has 162 valence electrons. The van der Waals surface area contributed by atoms with Crippen LogP contribution >= 0.6 is 0 Å². The molecule has 2 aromatic carbocycles. The van der Waals surface area contributed by atoms with Crippen LogP contribution in [0, 0.1) is 5.92 Å². The van der Waals surface area contributed by atoms with Crippen LogP contribution in [0.15, 0.2) is 54.6 Å². The topological polar surface area (TPSA) is 46.5 Å². The molecule has 1 aliphatic heterocycles. The van der Waals surface area contributed by atoms with Gasteiger partial charge in [0.25, 0.3) is 5.91 Å². The Morgan fingerprint density at radius 2 is 1.84 bits per heavy atom. The number of hydrogen-bond acceptors (Lipinski definition) is 3. The number of piperidine rings is 1. The van der Waals surface area contributed by atoms with Crippen molar-refractivity contribution in [3.05, 3.63) is 60.3 Å². The zero-order chi connectivity index (χ0) is 21.0. The van der Waals surface area contributed by atoms with E-state index in [1.165, 1.54) is 45.2 Å². The number of carbonyl (C=O) groups excluding carboxylic acids is 1. The molecule has 0 bridgehead atoms. The first-order valence-electron chi connectivity index (χ1n) is 11.6. The van der Waals surface area contributed by atoms with Crippen molar-refractivity contribution in [2.45, 2.75) is 38.6 Å². The summed E-state index contributed by atoms with van der Waals surface area (Å²) in [6.45, 7) is 4.89. The zero-order valence-corrected chi connectivity index (χ0v) is 18.1. The Balaban J connectivity index is 1.25. The van der Waals surface area contributed by atoms with Crippen LogP contribution in [0.2, 0.25) is 0 Å². The average molecular weight is 418 g/mol. The third-order valence-corrected chi connectivity index (χ3v) is 6.40. The minimum Gasteiger partial charge on any atom is -0.492 e. The van der Waals surface area contributed by atoms with Gasteiger partial charge >= 0.3 is 0 Å². The number of amides is 1. The van der Waals surface area contributed by atoms with Gasteiger partial charge in [-0.2, -0.15) is 0 Å². The number of nitrogens with zero attached hydrogens (tertiary/aromatic N) is 2. The van der Waals surface area contributed by atoms with E-state index in [0.717, 1.165) is 41.1 Å². The van der Waals surface area contributed by atoms with E-state index in [2.05, 4.69) is 26.9 Å². The first-order valence-corrected chi connectivity index (χ1v) is 11.6. The smallest absolute Gasteiger partial charge is 0.272 e. The Labute approximate surface area is 184 Å². The fourth-order valence-corrected chi connectivity index (χ4v) is 4.49. The first kappa shape index (κ1) is 20.1. The summed E-state index contributed by atoms with van der Waals surface area (Å²) in [5.41, 5.74) is 2.63. The van der Waals surface area contributed by atoms with Crippen molar-refractivity contribution in [1.82, 2.24) is 9.47 Å². The van der Waals surface area contributed by atoms with E-state index in [0.29, 0.717) is 12.5 Å². The number of hydrogen-bond donors (Lipinski definition) is 1. The first-order chi connectivity index (χ1) is 15.3. The van der Waals surface area contributed by atoms with Gasteiger partial charge in [-0.3, -0.25) is 9.69 Å². The number of fused-ring (bicyclic) bond motifs is 1. The number of likely N-dealkylation sites (tertiary alicyclic amines) is 1. The van der Waals surface area contributed by atoms with Crippen molar-refractivity contribution in [3.8, 4) is 5.75 Å². The second-order valence-corrected chi connectivity index (χ2v) is 8.88. The maximum Gasteiger partial charge on any atom is 0.272 e. The van der Waals surface area contributed by atoms with Gasteiger partial charge in [-0.15, -0.1) is 0 Å². The molecule has 5 heteroatoms. The van der Waals surface area contributed by atoms with Crippen molar-refractivity contribution < 1.29 is 9.53 Å². The van der Waals surface area contributed by atoms with Crippen molar-refractivity contribution in [1.29, 1.82) is 0 Å². The van der Waals surface area contributed by atoms with E-state index in [-0.39, 0.29) is 5.91 Å². The van der Waals surface area contributed by atoms with E-state index < -0.39 is 0 Å². The Bertz CT molecular complexity index is 1050. The molecule has 2 aliphatic rings. The molecule has 0 unspecified atom stereocenters. The summed E-state index contributed by atoms with van der Waals surface area (Å²) in [6.07, 6.45) is 6.44. The van der Waals surface area contributed by atoms with Crippen molar-refractivity contribution >= 4 is 22.5 Å². The monoisotopic (exact) mass is 417 g/mol. The Morgan fingerprint density at radius 3 is 2.68 bits per heavy atom. The quantitative estimate of drug-likeness (QED) is 0.550. The summed E-state index contributed by atoms with van der Waals surface area (Å²) in [5, 5.41) is 4.20. The van der Waals surface area contributed by atoms with Gasteiger partial charge in [0.1, 0.15) is 18.1 Å². The molecule has 5 nitrogen and oxygen atoms in total. The highest BCUT2D eigenvalue weighted by Crippen LogP contribution is 2.33. The predicted molar refractivity (Wildman–Crippen MR) is 125 cm³/mol. The van der Waals surface area contributed by atoms with Gasteiger partial charge in [-0.25, -0.2) is 0 Å². The lowest BCUT2D eigenvalue weighted by Gasteiger charge is -2.26. The summed E-state index contributed by atoms with van der Waals surface area (Å²) >= 11 is 0. The van der Waals surface area contributed by atoms with Crippen LogP contribution in [0.3, 0.4) is 0 Å². The van der Waals surface area contributed by atoms with Crippen LogP contribution in [0.25, 0.3) is 10.9 Å². The molecular weight excluding hydrogens is 386 g/mol. The van der Waals surface area contributed by atoms with Crippen LogP contribution in [-0.2, 0) is 6.54 Å². The number of ether oxygens (including phenoxy) is 1. The maximum atomic E-state index is 13.2. The van der Waals surface area contributed by atoms with Gasteiger partial charge in [-0.05, 0) is 69.0 Å². The third-order valence-electron chi connectivity index (χ3n) is 6.40. The van der Waals surface area contributed by atoms with Gasteiger partial charge in [0, 0.05) is 35.7 Å². The van der Waals surface area contributed by atoms with E-state index in [1.54, 1.807) is 0 Å². The van der Waals surface area contributed by atoms with Crippen molar-refractivity contribution in [2.75, 3.05) is 31.6 Å². The number of anilines is 1. The molecule has 0 spiro atoms. The summed E-state index contributed by atoms with van der Waals surface area (Å²) in [5.74, 6) is 1.43. The second kappa shape index (κ2) is 9.15. The molecule has 1 aromatic heterocycles. The summed E-state index contributed by atoms with van der Waals surface area (Å²) in [7, 11) is 0. The van der Waals surface area contributed by atoms with Gasteiger partial charge in [0.2, 0.25) is 0 Å². The molecular formula is C26H31N3O2. The van der Waals surface area contributed by atoms with Gasteiger partial charge in [0.05, 0.1) is 0 Å². The third kappa shape index (κ3) is 4.93. The fraction of sp³-hybridized carbons (Fsp3) is 0.423. The molecule has 1 saturated carbocycles. The lowest BCUT2D eigenvalue weighted by molar-refractivity contribution is 0.101. The standard InChI is InChI=1S/C26H31N3O2/c30-26(25-17-21-7-2-3-10-24(21)29(25)19-20-11-12-20)27-22-8-6-9-23(18-22)31-16-15-28-13-4-1-5-14-28/h2-3,6-10,17-18,20H,1,4-5,11-16,19H2,(H,27,30). The summed E-state index contributed by atoms with van der Waals surface area (Å²) in [4.78, 5) is 15.6. The van der Waals surface area contributed by atoms with Gasteiger partial charge in [0.15, 0.2) is 0 Å². The second-order valence-electron chi connectivity index (χ2n) is 8.88. The zero-order valence-electron chi connectivity index (χ0n) is 18.1. The average Bonchev–Trinajstić information content (AvgIpc) is 3.54. The lowest BCUT2D eigenvalue weighted by atomic mass is 10.1. The van der Waals surface area contributed by atoms with Crippen molar-refractivity contribution in [2.24, 2.45) is 5.92 Å². The number of rotatable bonds is 8. The Hall–Kier alpha value is -2.79. The SMILES string of the molecule is O=C(Nc1cccc(OCCN2CCCCC2)c1)c1cc2ccccc2n1CC1CC1. The van der Waals surface area contributed by atoms with E-state index in [1.807, 2.05) is 42.5 Å². The number of carbonyl (C=O) groups is 1. The summed E-state index contributed by atoms with van der Waals surface area (Å²) in [6, 6.07) is 18.0.